The normalized spacial score (nSPS) is 16.8. The Morgan fingerprint density at radius 2 is 2.08 bits per heavy atom. The largest absolute Gasteiger partial charge is 0.497 e. The van der Waals surface area contributed by atoms with Crippen molar-refractivity contribution in [3.8, 4) is 5.75 Å². The third-order valence-electron chi connectivity index (χ3n) is 4.37. The molecule has 0 spiro atoms. The van der Waals surface area contributed by atoms with Gasteiger partial charge in [0.1, 0.15) is 11.6 Å². The summed E-state index contributed by atoms with van der Waals surface area (Å²) in [6, 6.07) is 11.3. The molecule has 0 aliphatic carbocycles. The number of methoxy groups -OCH3 is 1. The second-order valence-corrected chi connectivity index (χ2v) is 6.18. The van der Waals surface area contributed by atoms with E-state index in [1.807, 2.05) is 43.3 Å². The Morgan fingerprint density at radius 3 is 2.76 bits per heavy atom. The van der Waals surface area contributed by atoms with Crippen molar-refractivity contribution in [2.24, 2.45) is 5.92 Å². The molecule has 1 unspecified atom stereocenters. The van der Waals surface area contributed by atoms with E-state index in [2.05, 4.69) is 10.3 Å². The molecule has 1 atom stereocenters. The van der Waals surface area contributed by atoms with E-state index in [0.29, 0.717) is 18.9 Å². The van der Waals surface area contributed by atoms with Gasteiger partial charge in [0.2, 0.25) is 11.8 Å². The number of likely N-dealkylation sites (tertiary alicyclic amines) is 1. The molecule has 3 rings (SSSR count). The van der Waals surface area contributed by atoms with Crippen molar-refractivity contribution < 1.29 is 14.3 Å². The van der Waals surface area contributed by atoms with E-state index in [9.17, 15) is 9.59 Å². The summed E-state index contributed by atoms with van der Waals surface area (Å²) < 4.78 is 5.14. The van der Waals surface area contributed by atoms with Gasteiger partial charge in [0.15, 0.2) is 0 Å². The molecule has 25 heavy (non-hydrogen) atoms. The summed E-state index contributed by atoms with van der Waals surface area (Å²) in [6.07, 6.45) is 1.87. The van der Waals surface area contributed by atoms with Crippen LogP contribution in [0.5, 0.6) is 5.75 Å². The Balaban J connectivity index is 1.61. The zero-order chi connectivity index (χ0) is 17.8. The summed E-state index contributed by atoms with van der Waals surface area (Å²) in [5, 5.41) is 2.83. The third-order valence-corrected chi connectivity index (χ3v) is 4.37. The van der Waals surface area contributed by atoms with E-state index < -0.39 is 0 Å². The minimum absolute atomic E-state index is 0.00582. The molecule has 2 heterocycles. The maximum atomic E-state index is 12.4. The van der Waals surface area contributed by atoms with Crippen LogP contribution in [0.3, 0.4) is 0 Å². The number of ether oxygens (including phenoxy) is 1. The van der Waals surface area contributed by atoms with Gasteiger partial charge in [-0.15, -0.1) is 0 Å². The Bertz CT molecular complexity index is 774. The summed E-state index contributed by atoms with van der Waals surface area (Å²) >= 11 is 0. The maximum absolute atomic E-state index is 12.4. The van der Waals surface area contributed by atoms with Gasteiger partial charge in [-0.1, -0.05) is 18.2 Å². The number of amides is 2. The first-order chi connectivity index (χ1) is 12.1. The van der Waals surface area contributed by atoms with Crippen LogP contribution in [0.1, 0.15) is 17.5 Å². The number of nitrogens with one attached hydrogen (secondary N) is 1. The van der Waals surface area contributed by atoms with Crippen LogP contribution in [0.4, 0.5) is 5.82 Å². The zero-order valence-corrected chi connectivity index (χ0v) is 14.4. The van der Waals surface area contributed by atoms with Crippen LogP contribution in [0, 0.1) is 12.8 Å². The van der Waals surface area contributed by atoms with E-state index >= 15 is 0 Å². The number of benzene rings is 1. The molecule has 1 aromatic heterocycles. The number of carbonyl (C=O) groups is 2. The Labute approximate surface area is 146 Å². The molecular weight excluding hydrogens is 318 g/mol. The van der Waals surface area contributed by atoms with Crippen LogP contribution in [0.2, 0.25) is 0 Å². The van der Waals surface area contributed by atoms with Gasteiger partial charge >= 0.3 is 0 Å². The highest BCUT2D eigenvalue weighted by Crippen LogP contribution is 2.23. The van der Waals surface area contributed by atoms with Gasteiger partial charge in [-0.3, -0.25) is 9.59 Å². The van der Waals surface area contributed by atoms with Crippen molar-refractivity contribution in [1.29, 1.82) is 0 Å². The van der Waals surface area contributed by atoms with E-state index in [1.165, 1.54) is 0 Å². The highest BCUT2D eigenvalue weighted by Gasteiger charge is 2.34. The van der Waals surface area contributed by atoms with Crippen LogP contribution in [-0.4, -0.2) is 35.4 Å². The molecule has 2 amide bonds. The Hall–Kier alpha value is -2.89. The minimum Gasteiger partial charge on any atom is -0.497 e. The second kappa shape index (κ2) is 7.34. The van der Waals surface area contributed by atoms with Crippen molar-refractivity contribution >= 4 is 17.6 Å². The first kappa shape index (κ1) is 17.0. The molecule has 1 aliphatic heterocycles. The number of nitrogens with zero attached hydrogens (tertiary/aromatic N) is 2. The van der Waals surface area contributed by atoms with Crippen molar-refractivity contribution in [3.05, 3.63) is 53.7 Å². The fourth-order valence-electron chi connectivity index (χ4n) is 2.89. The molecule has 0 bridgehead atoms. The number of hydrogen-bond acceptors (Lipinski definition) is 4. The van der Waals surface area contributed by atoms with Gasteiger partial charge in [-0.2, -0.15) is 0 Å². The number of carbonyl (C=O) groups excluding carboxylic acids is 2. The van der Waals surface area contributed by atoms with Gasteiger partial charge in [0, 0.05) is 25.7 Å². The SMILES string of the molecule is COc1ccc(CN2CC(C(=O)Nc3ncccc3C)CC2=O)cc1. The lowest BCUT2D eigenvalue weighted by Gasteiger charge is -2.17. The molecule has 130 valence electrons. The fourth-order valence-corrected chi connectivity index (χ4v) is 2.89. The number of anilines is 1. The average molecular weight is 339 g/mol. The molecule has 1 fully saturated rings. The average Bonchev–Trinajstić information content (AvgIpc) is 2.98. The van der Waals surface area contributed by atoms with Gasteiger partial charge in [-0.05, 0) is 36.2 Å². The lowest BCUT2D eigenvalue weighted by atomic mass is 10.1. The van der Waals surface area contributed by atoms with Gasteiger partial charge in [0.05, 0.1) is 13.0 Å². The fraction of sp³-hybridized carbons (Fsp3) is 0.316. The molecule has 0 saturated carbocycles. The Kier molecular flexibility index (Phi) is 4.97. The smallest absolute Gasteiger partial charge is 0.230 e. The lowest BCUT2D eigenvalue weighted by molar-refractivity contribution is -0.128. The summed E-state index contributed by atoms with van der Waals surface area (Å²) in [6.45, 7) is 2.80. The molecular formula is C19H21N3O3. The van der Waals surface area contributed by atoms with Crippen molar-refractivity contribution in [1.82, 2.24) is 9.88 Å². The van der Waals surface area contributed by atoms with Gasteiger partial charge in [0.25, 0.3) is 0 Å². The molecule has 6 heteroatoms. The molecule has 6 nitrogen and oxygen atoms in total. The first-order valence-electron chi connectivity index (χ1n) is 8.20. The summed E-state index contributed by atoms with van der Waals surface area (Å²) in [5.74, 6) is 0.807. The monoisotopic (exact) mass is 339 g/mol. The van der Waals surface area contributed by atoms with Crippen LogP contribution in [-0.2, 0) is 16.1 Å². The first-order valence-corrected chi connectivity index (χ1v) is 8.20. The molecule has 1 saturated heterocycles. The van der Waals surface area contributed by atoms with Crippen molar-refractivity contribution in [2.75, 3.05) is 19.0 Å². The van der Waals surface area contributed by atoms with Crippen LogP contribution in [0.25, 0.3) is 0 Å². The van der Waals surface area contributed by atoms with E-state index in [1.54, 1.807) is 18.2 Å². The molecule has 1 N–H and O–H groups in total. The van der Waals surface area contributed by atoms with Gasteiger partial charge < -0.3 is 15.0 Å². The van der Waals surface area contributed by atoms with E-state index in [-0.39, 0.29) is 24.2 Å². The summed E-state index contributed by atoms with van der Waals surface area (Å²) in [5.41, 5.74) is 1.91. The van der Waals surface area contributed by atoms with E-state index in [4.69, 9.17) is 4.74 Å². The number of hydrogen-bond donors (Lipinski definition) is 1. The number of rotatable bonds is 5. The third kappa shape index (κ3) is 3.96. The molecule has 1 aliphatic rings. The number of aromatic nitrogens is 1. The minimum atomic E-state index is -0.354. The highest BCUT2D eigenvalue weighted by atomic mass is 16.5. The lowest BCUT2D eigenvalue weighted by Crippen LogP contribution is -2.28. The summed E-state index contributed by atoms with van der Waals surface area (Å²) in [4.78, 5) is 30.6. The Morgan fingerprint density at radius 1 is 1.32 bits per heavy atom. The van der Waals surface area contributed by atoms with Crippen LogP contribution in [0.15, 0.2) is 42.6 Å². The topological polar surface area (TPSA) is 71.5 Å². The van der Waals surface area contributed by atoms with Crippen molar-refractivity contribution in [2.45, 2.75) is 19.9 Å². The highest BCUT2D eigenvalue weighted by molar-refractivity contribution is 5.97. The number of pyridine rings is 1. The van der Waals surface area contributed by atoms with Crippen LogP contribution < -0.4 is 10.1 Å². The zero-order valence-electron chi connectivity index (χ0n) is 14.4. The predicted molar refractivity (Wildman–Crippen MR) is 94.1 cm³/mol. The molecule has 0 radical (unpaired) electrons. The standard InChI is InChI=1S/C19H21N3O3/c1-13-4-3-9-20-18(13)21-19(24)15-10-17(23)22(12-15)11-14-5-7-16(25-2)8-6-14/h3-9,15H,10-12H2,1-2H3,(H,20,21,24). The summed E-state index contributed by atoms with van der Waals surface area (Å²) in [7, 11) is 1.62. The van der Waals surface area contributed by atoms with Crippen molar-refractivity contribution in [3.63, 3.8) is 0 Å². The second-order valence-electron chi connectivity index (χ2n) is 6.18. The number of aryl methyl sites for hydroxylation is 1. The maximum Gasteiger partial charge on any atom is 0.230 e. The predicted octanol–water partition coefficient (Wildman–Crippen LogP) is 2.39. The van der Waals surface area contributed by atoms with E-state index in [0.717, 1.165) is 16.9 Å². The molecule has 1 aromatic carbocycles. The molecule has 2 aromatic rings. The quantitative estimate of drug-likeness (QED) is 0.908. The van der Waals surface area contributed by atoms with Gasteiger partial charge in [-0.25, -0.2) is 4.98 Å². The van der Waals surface area contributed by atoms with Crippen LogP contribution >= 0.6 is 0 Å².